The lowest BCUT2D eigenvalue weighted by Gasteiger charge is -2.15. The van der Waals surface area contributed by atoms with Crippen LogP contribution in [0.25, 0.3) is 0 Å². The van der Waals surface area contributed by atoms with E-state index >= 15 is 0 Å². The Kier molecular flexibility index (Phi) is 4.36. The van der Waals surface area contributed by atoms with Gasteiger partial charge in [0.05, 0.1) is 6.26 Å². The summed E-state index contributed by atoms with van der Waals surface area (Å²) >= 11 is 1.79. The molecule has 0 amide bonds. The van der Waals surface area contributed by atoms with Crippen molar-refractivity contribution in [2.75, 3.05) is 0 Å². The van der Waals surface area contributed by atoms with Crippen LogP contribution in [0.4, 0.5) is 0 Å². The second-order valence-electron chi connectivity index (χ2n) is 3.99. The number of thiophene rings is 1. The Labute approximate surface area is 106 Å². The van der Waals surface area contributed by atoms with Crippen molar-refractivity contribution in [1.82, 2.24) is 5.43 Å². The highest BCUT2D eigenvalue weighted by Crippen LogP contribution is 2.24. The van der Waals surface area contributed by atoms with Gasteiger partial charge in [0.15, 0.2) is 0 Å². The van der Waals surface area contributed by atoms with E-state index in [-0.39, 0.29) is 6.04 Å². The van der Waals surface area contributed by atoms with E-state index in [0.717, 1.165) is 25.0 Å². The number of furan rings is 1. The summed E-state index contributed by atoms with van der Waals surface area (Å²) in [5.41, 5.74) is 4.07. The number of hydrogen-bond donors (Lipinski definition) is 2. The standard InChI is InChI=1S/C13H18N2OS/c1-2-13-11(7-8-16-13)12(15-14)6-5-10-4-3-9-17-10/h3-4,7-9,12,15H,2,5-6,14H2,1H3. The molecule has 17 heavy (non-hydrogen) atoms. The van der Waals surface area contributed by atoms with Crippen molar-refractivity contribution >= 4 is 11.3 Å². The number of hydrazine groups is 1. The molecule has 0 aliphatic carbocycles. The van der Waals surface area contributed by atoms with Gasteiger partial charge in [-0.3, -0.25) is 11.3 Å². The van der Waals surface area contributed by atoms with Crippen LogP contribution in [0.2, 0.25) is 0 Å². The smallest absolute Gasteiger partial charge is 0.108 e. The maximum absolute atomic E-state index is 5.64. The Bertz CT molecular complexity index is 436. The predicted octanol–water partition coefficient (Wildman–Crippen LogP) is 3.04. The molecule has 0 bridgehead atoms. The SMILES string of the molecule is CCc1occc1C(CCc1cccs1)NN. The van der Waals surface area contributed by atoms with Crippen LogP contribution in [0.3, 0.4) is 0 Å². The van der Waals surface area contributed by atoms with Gasteiger partial charge in [0, 0.05) is 22.9 Å². The molecule has 2 aromatic heterocycles. The van der Waals surface area contributed by atoms with E-state index in [9.17, 15) is 0 Å². The molecule has 0 fully saturated rings. The van der Waals surface area contributed by atoms with Crippen LogP contribution >= 0.6 is 11.3 Å². The number of aryl methyl sites for hydroxylation is 2. The fraction of sp³-hybridized carbons (Fsp3) is 0.385. The lowest BCUT2D eigenvalue weighted by molar-refractivity contribution is 0.475. The second-order valence-corrected chi connectivity index (χ2v) is 5.02. The topological polar surface area (TPSA) is 51.2 Å². The summed E-state index contributed by atoms with van der Waals surface area (Å²) < 4.78 is 5.44. The quantitative estimate of drug-likeness (QED) is 0.612. The molecule has 0 aliphatic heterocycles. The van der Waals surface area contributed by atoms with Crippen molar-refractivity contribution in [1.29, 1.82) is 0 Å². The summed E-state index contributed by atoms with van der Waals surface area (Å²) in [7, 11) is 0. The van der Waals surface area contributed by atoms with Gasteiger partial charge < -0.3 is 4.42 Å². The van der Waals surface area contributed by atoms with Crippen LogP contribution < -0.4 is 11.3 Å². The summed E-state index contributed by atoms with van der Waals surface area (Å²) in [5.74, 6) is 6.67. The van der Waals surface area contributed by atoms with E-state index in [1.54, 1.807) is 17.6 Å². The zero-order valence-corrected chi connectivity index (χ0v) is 10.8. The average molecular weight is 250 g/mol. The van der Waals surface area contributed by atoms with E-state index in [4.69, 9.17) is 10.3 Å². The fourth-order valence-corrected chi connectivity index (χ4v) is 2.74. The average Bonchev–Trinajstić information content (AvgIpc) is 3.00. The van der Waals surface area contributed by atoms with E-state index < -0.39 is 0 Å². The number of nitrogens with one attached hydrogen (secondary N) is 1. The van der Waals surface area contributed by atoms with Gasteiger partial charge in [0.1, 0.15) is 5.76 Å². The second kappa shape index (κ2) is 6.00. The Morgan fingerprint density at radius 3 is 3.00 bits per heavy atom. The van der Waals surface area contributed by atoms with Crippen LogP contribution in [0.1, 0.15) is 35.6 Å². The number of rotatable bonds is 6. The van der Waals surface area contributed by atoms with Gasteiger partial charge in [-0.1, -0.05) is 13.0 Å². The molecule has 0 saturated carbocycles. The van der Waals surface area contributed by atoms with Gasteiger partial charge in [0.25, 0.3) is 0 Å². The lowest BCUT2D eigenvalue weighted by Crippen LogP contribution is -2.28. The first kappa shape index (κ1) is 12.4. The molecule has 0 aliphatic rings. The van der Waals surface area contributed by atoms with Crippen LogP contribution in [0, 0.1) is 0 Å². The van der Waals surface area contributed by atoms with Gasteiger partial charge >= 0.3 is 0 Å². The lowest BCUT2D eigenvalue weighted by atomic mass is 10.0. The zero-order valence-electron chi connectivity index (χ0n) is 9.98. The fourth-order valence-electron chi connectivity index (χ4n) is 2.02. The Hall–Kier alpha value is -1.10. The number of nitrogens with two attached hydrogens (primary N) is 1. The summed E-state index contributed by atoms with van der Waals surface area (Å²) in [6, 6.07) is 6.43. The highest BCUT2D eigenvalue weighted by molar-refractivity contribution is 7.09. The molecule has 0 spiro atoms. The van der Waals surface area contributed by atoms with Crippen molar-refractivity contribution in [3.8, 4) is 0 Å². The van der Waals surface area contributed by atoms with Crippen molar-refractivity contribution in [3.63, 3.8) is 0 Å². The number of hydrogen-bond acceptors (Lipinski definition) is 4. The third kappa shape index (κ3) is 2.97. The Morgan fingerprint density at radius 1 is 1.47 bits per heavy atom. The van der Waals surface area contributed by atoms with E-state index in [0.29, 0.717) is 0 Å². The minimum atomic E-state index is 0.172. The summed E-state index contributed by atoms with van der Waals surface area (Å²) in [5, 5.41) is 2.11. The Balaban J connectivity index is 2.01. The van der Waals surface area contributed by atoms with Gasteiger partial charge in [-0.15, -0.1) is 11.3 Å². The van der Waals surface area contributed by atoms with Crippen LogP contribution in [-0.4, -0.2) is 0 Å². The van der Waals surface area contributed by atoms with Crippen molar-refractivity contribution in [2.45, 2.75) is 32.2 Å². The third-order valence-corrected chi connectivity index (χ3v) is 3.87. The van der Waals surface area contributed by atoms with Crippen molar-refractivity contribution in [2.24, 2.45) is 5.84 Å². The minimum Gasteiger partial charge on any atom is -0.469 e. The minimum absolute atomic E-state index is 0.172. The van der Waals surface area contributed by atoms with Gasteiger partial charge in [-0.2, -0.15) is 0 Å². The third-order valence-electron chi connectivity index (χ3n) is 2.94. The monoisotopic (exact) mass is 250 g/mol. The first-order valence-electron chi connectivity index (χ1n) is 5.90. The van der Waals surface area contributed by atoms with Crippen LogP contribution in [0.5, 0.6) is 0 Å². The molecule has 0 saturated heterocycles. The van der Waals surface area contributed by atoms with E-state index in [1.165, 1.54) is 10.4 Å². The molecule has 92 valence electrons. The molecule has 3 nitrogen and oxygen atoms in total. The molecule has 2 heterocycles. The Morgan fingerprint density at radius 2 is 2.35 bits per heavy atom. The predicted molar refractivity (Wildman–Crippen MR) is 70.8 cm³/mol. The summed E-state index contributed by atoms with van der Waals surface area (Å²) in [6.07, 6.45) is 4.67. The molecule has 2 rings (SSSR count). The van der Waals surface area contributed by atoms with Gasteiger partial charge in [-0.05, 0) is 30.4 Å². The molecule has 4 heteroatoms. The normalized spacial score (nSPS) is 12.8. The molecule has 2 aromatic rings. The van der Waals surface area contributed by atoms with Crippen LogP contribution in [0.15, 0.2) is 34.3 Å². The summed E-state index contributed by atoms with van der Waals surface area (Å²) in [4.78, 5) is 1.40. The van der Waals surface area contributed by atoms with Crippen molar-refractivity contribution in [3.05, 3.63) is 46.0 Å². The summed E-state index contributed by atoms with van der Waals surface area (Å²) in [6.45, 7) is 2.09. The molecule has 1 unspecified atom stereocenters. The highest BCUT2D eigenvalue weighted by Gasteiger charge is 2.15. The first-order chi connectivity index (χ1) is 8.35. The maximum atomic E-state index is 5.64. The molecular weight excluding hydrogens is 232 g/mol. The molecule has 3 N–H and O–H groups in total. The largest absolute Gasteiger partial charge is 0.469 e. The molecule has 0 aromatic carbocycles. The highest BCUT2D eigenvalue weighted by atomic mass is 32.1. The molecule has 1 atom stereocenters. The van der Waals surface area contributed by atoms with Gasteiger partial charge in [0.2, 0.25) is 0 Å². The zero-order chi connectivity index (χ0) is 12.1. The van der Waals surface area contributed by atoms with Crippen LogP contribution in [-0.2, 0) is 12.8 Å². The first-order valence-corrected chi connectivity index (χ1v) is 6.78. The van der Waals surface area contributed by atoms with Gasteiger partial charge in [-0.25, -0.2) is 0 Å². The van der Waals surface area contributed by atoms with E-state index in [1.807, 2.05) is 6.07 Å². The van der Waals surface area contributed by atoms with Crippen molar-refractivity contribution < 1.29 is 4.42 Å². The molecule has 0 radical (unpaired) electrons. The maximum Gasteiger partial charge on any atom is 0.108 e. The van der Waals surface area contributed by atoms with E-state index in [2.05, 4.69) is 29.9 Å². The molecular formula is C13H18N2OS.